The second-order valence-corrected chi connectivity index (χ2v) is 4.57. The van der Waals surface area contributed by atoms with E-state index in [-0.39, 0.29) is 11.7 Å². The highest BCUT2D eigenvalue weighted by atomic mass is 16.4. The minimum atomic E-state index is -0.735. The van der Waals surface area contributed by atoms with Gasteiger partial charge in [0.05, 0.1) is 11.8 Å². The highest BCUT2D eigenvalue weighted by Crippen LogP contribution is 2.28. The number of nitrogens with one attached hydrogen (secondary N) is 2. The number of amidine groups is 1. The predicted molar refractivity (Wildman–Crippen MR) is 65.3 cm³/mol. The Bertz CT molecular complexity index is 434. The maximum absolute atomic E-state index is 12.0. The van der Waals surface area contributed by atoms with Crippen LogP contribution in [0.4, 0.5) is 0 Å². The van der Waals surface area contributed by atoms with E-state index in [0.717, 1.165) is 19.3 Å². The van der Waals surface area contributed by atoms with Crippen molar-refractivity contribution in [2.75, 3.05) is 0 Å². The summed E-state index contributed by atoms with van der Waals surface area (Å²) in [5, 5.41) is 21.1. The Balaban J connectivity index is 2.18. The third kappa shape index (κ3) is 2.29. The summed E-state index contributed by atoms with van der Waals surface area (Å²) in [6.45, 7) is 0. The number of aromatic nitrogens is 2. The first-order valence-corrected chi connectivity index (χ1v) is 5.97. The number of hydrogen-bond acceptors (Lipinski definition) is 4. The Morgan fingerprint density at radius 1 is 1.50 bits per heavy atom. The summed E-state index contributed by atoms with van der Waals surface area (Å²) in [6.07, 6.45) is 7.32. The molecule has 18 heavy (non-hydrogen) atoms. The smallest absolute Gasteiger partial charge is 0.255 e. The molecule has 0 spiro atoms. The van der Waals surface area contributed by atoms with Crippen LogP contribution in [0.3, 0.4) is 0 Å². The van der Waals surface area contributed by atoms with Crippen molar-refractivity contribution in [3.8, 4) is 0 Å². The lowest BCUT2D eigenvalue weighted by Crippen LogP contribution is -2.58. The normalized spacial score (nSPS) is 19.4. The Kier molecular flexibility index (Phi) is 3.50. The van der Waals surface area contributed by atoms with Crippen LogP contribution in [-0.4, -0.2) is 32.7 Å². The van der Waals surface area contributed by atoms with Crippen molar-refractivity contribution in [3.63, 3.8) is 0 Å². The van der Waals surface area contributed by atoms with E-state index in [1.54, 1.807) is 0 Å². The number of nitrogens with two attached hydrogens (primary N) is 1. The van der Waals surface area contributed by atoms with Gasteiger partial charge in [-0.2, -0.15) is 5.10 Å². The molecule has 1 aliphatic carbocycles. The van der Waals surface area contributed by atoms with Crippen LogP contribution >= 0.6 is 0 Å². The first-order chi connectivity index (χ1) is 8.68. The van der Waals surface area contributed by atoms with Crippen LogP contribution in [0.2, 0.25) is 0 Å². The van der Waals surface area contributed by atoms with Gasteiger partial charge in [0.1, 0.15) is 5.54 Å². The molecule has 2 rings (SSSR count). The van der Waals surface area contributed by atoms with E-state index in [2.05, 4.69) is 20.7 Å². The molecule has 1 aromatic rings. The van der Waals surface area contributed by atoms with Crippen LogP contribution in [0, 0.1) is 0 Å². The monoisotopic (exact) mass is 251 g/mol. The van der Waals surface area contributed by atoms with Gasteiger partial charge in [0.2, 0.25) is 0 Å². The van der Waals surface area contributed by atoms with Crippen LogP contribution in [0.25, 0.3) is 0 Å². The third-order valence-electron chi connectivity index (χ3n) is 3.42. The molecule has 1 amide bonds. The topological polar surface area (TPSA) is 116 Å². The van der Waals surface area contributed by atoms with Crippen molar-refractivity contribution in [3.05, 3.63) is 18.0 Å². The zero-order valence-corrected chi connectivity index (χ0v) is 10.0. The van der Waals surface area contributed by atoms with Gasteiger partial charge in [-0.25, -0.2) is 0 Å². The van der Waals surface area contributed by atoms with E-state index in [1.807, 2.05) is 0 Å². The number of H-pyrrole nitrogens is 1. The van der Waals surface area contributed by atoms with Crippen molar-refractivity contribution < 1.29 is 10.0 Å². The molecule has 98 valence electrons. The molecule has 1 heterocycles. The molecule has 1 aliphatic rings. The number of rotatable bonds is 3. The Labute approximate surface area is 104 Å². The quantitative estimate of drug-likeness (QED) is 0.272. The number of hydrogen-bond donors (Lipinski definition) is 4. The number of carbonyl (C=O) groups is 1. The summed E-state index contributed by atoms with van der Waals surface area (Å²) in [5.41, 5.74) is 5.45. The first-order valence-electron chi connectivity index (χ1n) is 5.97. The van der Waals surface area contributed by atoms with Gasteiger partial charge in [-0.3, -0.25) is 9.89 Å². The second kappa shape index (κ2) is 5.07. The van der Waals surface area contributed by atoms with Crippen molar-refractivity contribution in [1.82, 2.24) is 15.5 Å². The second-order valence-electron chi connectivity index (χ2n) is 4.57. The van der Waals surface area contributed by atoms with E-state index in [9.17, 15) is 4.79 Å². The zero-order valence-electron chi connectivity index (χ0n) is 10.0. The maximum Gasteiger partial charge on any atom is 0.255 e. The summed E-state index contributed by atoms with van der Waals surface area (Å²) in [6, 6.07) is 0. The largest absolute Gasteiger partial charge is 0.409 e. The van der Waals surface area contributed by atoms with E-state index in [4.69, 9.17) is 10.9 Å². The van der Waals surface area contributed by atoms with Gasteiger partial charge < -0.3 is 16.3 Å². The molecule has 7 heteroatoms. The third-order valence-corrected chi connectivity index (χ3v) is 3.42. The number of nitrogens with zero attached hydrogens (tertiary/aromatic N) is 2. The molecule has 0 bridgehead atoms. The average Bonchev–Trinajstić information content (AvgIpc) is 2.93. The molecule has 1 saturated carbocycles. The highest BCUT2D eigenvalue weighted by molar-refractivity contribution is 6.00. The predicted octanol–water partition coefficient (Wildman–Crippen LogP) is 0.589. The van der Waals surface area contributed by atoms with Crippen molar-refractivity contribution in [2.24, 2.45) is 10.9 Å². The van der Waals surface area contributed by atoms with Crippen LogP contribution in [0.15, 0.2) is 17.5 Å². The molecule has 0 saturated heterocycles. The molecule has 1 aromatic heterocycles. The Hall–Kier alpha value is -2.05. The summed E-state index contributed by atoms with van der Waals surface area (Å²) in [5.74, 6) is -0.198. The maximum atomic E-state index is 12.0. The lowest BCUT2D eigenvalue weighted by atomic mass is 9.80. The molecule has 7 nitrogen and oxygen atoms in total. The molecule has 0 radical (unpaired) electrons. The fourth-order valence-electron chi connectivity index (χ4n) is 2.36. The average molecular weight is 251 g/mol. The van der Waals surface area contributed by atoms with Crippen molar-refractivity contribution in [2.45, 2.75) is 37.6 Å². The van der Waals surface area contributed by atoms with Gasteiger partial charge in [-0.1, -0.05) is 24.4 Å². The van der Waals surface area contributed by atoms with Crippen LogP contribution in [-0.2, 0) is 0 Å². The lowest BCUT2D eigenvalue weighted by molar-refractivity contribution is 0.0906. The first kappa shape index (κ1) is 12.4. The molecule has 0 aliphatic heterocycles. The van der Waals surface area contributed by atoms with E-state index < -0.39 is 5.54 Å². The number of aromatic amines is 1. The summed E-state index contributed by atoms with van der Waals surface area (Å²) >= 11 is 0. The molecule has 0 atom stereocenters. The van der Waals surface area contributed by atoms with Crippen molar-refractivity contribution in [1.29, 1.82) is 0 Å². The van der Waals surface area contributed by atoms with E-state index in [0.29, 0.717) is 18.4 Å². The van der Waals surface area contributed by atoms with E-state index >= 15 is 0 Å². The highest BCUT2D eigenvalue weighted by Gasteiger charge is 2.38. The number of carbonyl (C=O) groups excluding carboxylic acids is 1. The Morgan fingerprint density at radius 2 is 2.22 bits per heavy atom. The summed E-state index contributed by atoms with van der Waals surface area (Å²) < 4.78 is 0. The molecule has 0 aromatic carbocycles. The van der Waals surface area contributed by atoms with Crippen LogP contribution in [0.5, 0.6) is 0 Å². The molecular weight excluding hydrogens is 234 g/mol. The molecule has 0 unspecified atom stereocenters. The van der Waals surface area contributed by atoms with Gasteiger partial charge in [-0.05, 0) is 12.8 Å². The fourth-order valence-corrected chi connectivity index (χ4v) is 2.36. The zero-order chi connectivity index (χ0) is 13.0. The molecule has 1 fully saturated rings. The lowest BCUT2D eigenvalue weighted by Gasteiger charge is -2.36. The Morgan fingerprint density at radius 3 is 2.78 bits per heavy atom. The van der Waals surface area contributed by atoms with Crippen LogP contribution in [0.1, 0.15) is 42.5 Å². The van der Waals surface area contributed by atoms with Crippen LogP contribution < -0.4 is 11.1 Å². The minimum Gasteiger partial charge on any atom is -0.409 e. The molecule has 5 N–H and O–H groups in total. The van der Waals surface area contributed by atoms with Gasteiger partial charge in [0.25, 0.3) is 5.91 Å². The van der Waals surface area contributed by atoms with Crippen molar-refractivity contribution >= 4 is 11.7 Å². The van der Waals surface area contributed by atoms with Gasteiger partial charge in [-0.15, -0.1) is 0 Å². The minimum absolute atomic E-state index is 0.0686. The van der Waals surface area contributed by atoms with Gasteiger partial charge in [0.15, 0.2) is 5.84 Å². The van der Waals surface area contributed by atoms with Gasteiger partial charge >= 0.3 is 0 Å². The standard InChI is InChI=1S/C11H17N5O2/c12-10(16-18)11(4-2-1-3-5-11)15-9(17)8-6-13-14-7-8/h6-7,18H,1-5H2,(H2,12,16)(H,13,14)(H,15,17). The number of amides is 1. The summed E-state index contributed by atoms with van der Waals surface area (Å²) in [7, 11) is 0. The number of oxime groups is 1. The summed E-state index contributed by atoms with van der Waals surface area (Å²) in [4.78, 5) is 12.0. The fraction of sp³-hybridized carbons (Fsp3) is 0.545. The molecular formula is C11H17N5O2. The van der Waals surface area contributed by atoms with E-state index in [1.165, 1.54) is 12.4 Å². The SMILES string of the molecule is NC(=NO)C1(NC(=O)c2cn[nH]c2)CCCCC1. The van der Waals surface area contributed by atoms with Gasteiger partial charge in [0, 0.05) is 6.20 Å².